The molecule has 0 spiro atoms. The van der Waals surface area contributed by atoms with Crippen molar-refractivity contribution in [2.75, 3.05) is 6.54 Å². The van der Waals surface area contributed by atoms with E-state index in [0.29, 0.717) is 22.2 Å². The summed E-state index contributed by atoms with van der Waals surface area (Å²) >= 11 is 5.84. The van der Waals surface area contributed by atoms with Gasteiger partial charge in [0.2, 0.25) is 0 Å². The molecule has 9 heteroatoms. The van der Waals surface area contributed by atoms with Crippen molar-refractivity contribution >= 4 is 17.5 Å². The quantitative estimate of drug-likeness (QED) is 0.673. The zero-order chi connectivity index (χ0) is 19.1. The van der Waals surface area contributed by atoms with E-state index in [0.717, 1.165) is 19.4 Å². The highest BCUT2D eigenvalue weighted by atomic mass is 35.5. The topological polar surface area (TPSA) is 86.0 Å². The molecule has 0 N–H and O–H groups in total. The molecule has 142 valence electrons. The number of nitrogens with zero attached hydrogens (tertiary/aromatic N) is 6. The predicted molar refractivity (Wildman–Crippen MR) is 100 cm³/mol. The fourth-order valence-corrected chi connectivity index (χ4v) is 4.24. The van der Waals surface area contributed by atoms with Crippen molar-refractivity contribution in [3.8, 4) is 11.7 Å². The van der Waals surface area contributed by atoms with Crippen LogP contribution in [-0.2, 0) is 0 Å². The van der Waals surface area contributed by atoms with Crippen LogP contribution in [-0.4, -0.2) is 54.5 Å². The number of likely N-dealkylation sites (tertiary alicyclic amines) is 1. The lowest BCUT2D eigenvalue weighted by atomic mass is 10.1. The second-order valence-corrected chi connectivity index (χ2v) is 7.47. The van der Waals surface area contributed by atoms with Gasteiger partial charge in [-0.3, -0.25) is 4.79 Å². The summed E-state index contributed by atoms with van der Waals surface area (Å²) in [5.41, 5.74) is 1.24. The van der Waals surface area contributed by atoms with Crippen LogP contribution < -0.4 is 4.74 Å². The zero-order valence-corrected chi connectivity index (χ0v) is 15.6. The van der Waals surface area contributed by atoms with Gasteiger partial charge in [-0.1, -0.05) is 23.7 Å². The number of rotatable bonds is 4. The average molecular weight is 397 g/mol. The van der Waals surface area contributed by atoms with E-state index in [-0.39, 0.29) is 24.1 Å². The first-order valence-electron chi connectivity index (χ1n) is 9.10. The van der Waals surface area contributed by atoms with Crippen LogP contribution in [0.25, 0.3) is 5.69 Å². The summed E-state index contributed by atoms with van der Waals surface area (Å²) in [6, 6.07) is 7.66. The molecule has 0 unspecified atom stereocenters. The van der Waals surface area contributed by atoms with Gasteiger partial charge >= 0.3 is 6.01 Å². The minimum absolute atomic E-state index is 0.00425. The van der Waals surface area contributed by atoms with Crippen LogP contribution in [0.5, 0.6) is 6.01 Å². The van der Waals surface area contributed by atoms with Gasteiger partial charge in [-0.2, -0.15) is 15.0 Å². The van der Waals surface area contributed by atoms with Gasteiger partial charge in [0.05, 0.1) is 47.1 Å². The van der Waals surface area contributed by atoms with E-state index in [1.165, 1.54) is 17.2 Å². The number of carbonyl (C=O) groups is 1. The fourth-order valence-electron chi connectivity index (χ4n) is 4.15. The molecule has 3 heterocycles. The Morgan fingerprint density at radius 3 is 2.61 bits per heavy atom. The molecule has 1 saturated carbocycles. The summed E-state index contributed by atoms with van der Waals surface area (Å²) in [5, 5.41) is 8.79. The van der Waals surface area contributed by atoms with Crippen LogP contribution in [0, 0.1) is 5.92 Å². The number of halogens is 1. The molecule has 5 rings (SSSR count). The molecule has 2 aliphatic rings. The van der Waals surface area contributed by atoms with Crippen LogP contribution in [0.15, 0.2) is 49.1 Å². The van der Waals surface area contributed by atoms with E-state index in [4.69, 9.17) is 16.3 Å². The molecule has 2 fully saturated rings. The molecule has 2 bridgehead atoms. The summed E-state index contributed by atoms with van der Waals surface area (Å²) in [6.45, 7) is 0.728. The molecule has 0 radical (unpaired) electrons. The van der Waals surface area contributed by atoms with Crippen molar-refractivity contribution in [1.82, 2.24) is 29.9 Å². The normalized spacial score (nSPS) is 23.2. The van der Waals surface area contributed by atoms with E-state index >= 15 is 0 Å². The maximum Gasteiger partial charge on any atom is 0.316 e. The minimum atomic E-state index is -0.126. The van der Waals surface area contributed by atoms with Crippen molar-refractivity contribution < 1.29 is 9.53 Å². The zero-order valence-electron chi connectivity index (χ0n) is 14.8. The summed E-state index contributed by atoms with van der Waals surface area (Å²) < 4.78 is 5.98. The number of aromatic nitrogens is 5. The molecule has 1 aromatic carbocycles. The monoisotopic (exact) mass is 396 g/mol. The number of hydrogen-bond donors (Lipinski definition) is 0. The third-order valence-electron chi connectivity index (χ3n) is 5.31. The maximum absolute atomic E-state index is 13.3. The van der Waals surface area contributed by atoms with Gasteiger partial charge < -0.3 is 9.64 Å². The average Bonchev–Trinajstić information content (AvgIpc) is 3.46. The van der Waals surface area contributed by atoms with Crippen LogP contribution in [0.2, 0.25) is 5.02 Å². The smallest absolute Gasteiger partial charge is 0.316 e. The fraction of sp³-hybridized carbons (Fsp3) is 0.316. The first-order chi connectivity index (χ1) is 13.7. The van der Waals surface area contributed by atoms with Crippen molar-refractivity contribution in [3.05, 3.63) is 59.6 Å². The number of benzene rings is 1. The van der Waals surface area contributed by atoms with E-state index in [9.17, 15) is 4.79 Å². The second kappa shape index (κ2) is 6.87. The lowest BCUT2D eigenvalue weighted by molar-refractivity contribution is 0.0452. The summed E-state index contributed by atoms with van der Waals surface area (Å²) in [5.74, 6) is 0.381. The Morgan fingerprint density at radius 2 is 1.86 bits per heavy atom. The maximum atomic E-state index is 13.3. The molecule has 1 amide bonds. The van der Waals surface area contributed by atoms with Crippen molar-refractivity contribution in [2.24, 2.45) is 5.92 Å². The third-order valence-corrected chi connectivity index (χ3v) is 5.50. The molecule has 8 nitrogen and oxygen atoms in total. The highest BCUT2D eigenvalue weighted by Crippen LogP contribution is 2.40. The number of para-hydroxylation sites is 1. The lowest BCUT2D eigenvalue weighted by Crippen LogP contribution is -2.47. The standard InChI is InChI=1S/C19H17ClN6O2/c20-13-9-21-19(22-10-13)28-17-8-12-7-16(17)25(11-12)18(27)14-3-1-2-4-15(14)26-23-5-6-24-26/h1-6,9-10,12,16-17H,7-8,11H2/t12-,16+,17-/m1/s1. The Labute approximate surface area is 166 Å². The van der Waals surface area contributed by atoms with Gasteiger partial charge in [0, 0.05) is 6.54 Å². The van der Waals surface area contributed by atoms with Crippen LogP contribution in [0.1, 0.15) is 23.2 Å². The Bertz CT molecular complexity index is 994. The molecule has 3 aromatic rings. The highest BCUT2D eigenvalue weighted by molar-refractivity contribution is 6.30. The van der Waals surface area contributed by atoms with Crippen LogP contribution in [0.4, 0.5) is 0 Å². The molecule has 1 aliphatic heterocycles. The third kappa shape index (κ3) is 2.99. The molecular weight excluding hydrogens is 380 g/mol. The summed E-state index contributed by atoms with van der Waals surface area (Å²) in [7, 11) is 0. The highest BCUT2D eigenvalue weighted by Gasteiger charge is 2.48. The Morgan fingerprint density at radius 1 is 1.11 bits per heavy atom. The minimum Gasteiger partial charge on any atom is -0.458 e. The molecule has 1 saturated heterocycles. The second-order valence-electron chi connectivity index (χ2n) is 7.04. The van der Waals surface area contributed by atoms with Gasteiger partial charge in [-0.15, -0.1) is 0 Å². The van der Waals surface area contributed by atoms with Crippen LogP contribution in [0.3, 0.4) is 0 Å². The van der Waals surface area contributed by atoms with Crippen molar-refractivity contribution in [3.63, 3.8) is 0 Å². The van der Waals surface area contributed by atoms with E-state index < -0.39 is 0 Å². The van der Waals surface area contributed by atoms with Crippen molar-refractivity contribution in [2.45, 2.75) is 25.0 Å². The first-order valence-corrected chi connectivity index (χ1v) is 9.48. The number of carbonyl (C=O) groups excluding carboxylic acids is 1. The lowest BCUT2D eigenvalue weighted by Gasteiger charge is -2.33. The van der Waals surface area contributed by atoms with Gasteiger partial charge in [-0.05, 0) is 30.9 Å². The van der Waals surface area contributed by atoms with Gasteiger partial charge in [0.15, 0.2) is 0 Å². The van der Waals surface area contributed by atoms with Gasteiger partial charge in [0.1, 0.15) is 6.10 Å². The predicted octanol–water partition coefficient (Wildman–Crippen LogP) is 2.39. The SMILES string of the molecule is O=C(c1ccccc1-n1nccn1)N1C[C@H]2C[C@@H](Oc3ncc(Cl)cn3)[C@@H]1C2. The van der Waals surface area contributed by atoms with Gasteiger partial charge in [0.25, 0.3) is 5.91 Å². The Kier molecular flexibility index (Phi) is 4.20. The number of piperidine rings is 1. The molecule has 2 aromatic heterocycles. The number of ether oxygens (including phenoxy) is 1. The van der Waals surface area contributed by atoms with E-state index in [1.807, 2.05) is 29.2 Å². The van der Waals surface area contributed by atoms with Gasteiger partial charge in [-0.25, -0.2) is 9.97 Å². The largest absolute Gasteiger partial charge is 0.458 e. The number of fused-ring (bicyclic) bond motifs is 2. The Balaban J connectivity index is 1.39. The molecule has 3 atom stereocenters. The summed E-state index contributed by atoms with van der Waals surface area (Å²) in [6.07, 6.45) is 7.89. The number of hydrogen-bond acceptors (Lipinski definition) is 6. The molecular formula is C19H17ClN6O2. The summed E-state index contributed by atoms with van der Waals surface area (Å²) in [4.78, 5) is 24.9. The molecule has 28 heavy (non-hydrogen) atoms. The van der Waals surface area contributed by atoms with Crippen LogP contribution >= 0.6 is 11.6 Å². The van der Waals surface area contributed by atoms with E-state index in [1.54, 1.807) is 12.4 Å². The van der Waals surface area contributed by atoms with Crippen molar-refractivity contribution in [1.29, 1.82) is 0 Å². The number of amides is 1. The molecule has 1 aliphatic carbocycles. The Hall–Kier alpha value is -3.00. The van der Waals surface area contributed by atoms with E-state index in [2.05, 4.69) is 20.2 Å². The first kappa shape index (κ1) is 17.1.